The predicted octanol–water partition coefficient (Wildman–Crippen LogP) is 4.32. The number of carbonyl (C=O) groups excluding carboxylic acids is 1. The summed E-state index contributed by atoms with van der Waals surface area (Å²) in [5, 5.41) is 8.79. The maximum absolute atomic E-state index is 12.1. The summed E-state index contributed by atoms with van der Waals surface area (Å²) in [7, 11) is 1.57. The zero-order valence-corrected chi connectivity index (χ0v) is 13.8. The lowest BCUT2D eigenvalue weighted by Gasteiger charge is -2.19. The molecule has 22 heavy (non-hydrogen) atoms. The maximum Gasteiger partial charge on any atom is 0.333 e. The van der Waals surface area contributed by atoms with Crippen molar-refractivity contribution in [1.82, 2.24) is 9.62 Å². The summed E-state index contributed by atoms with van der Waals surface area (Å²) in [6.07, 6.45) is 0. The number of nitrogens with zero attached hydrogens (tertiary/aromatic N) is 1. The Morgan fingerprint density at radius 1 is 1.23 bits per heavy atom. The van der Waals surface area contributed by atoms with Gasteiger partial charge in [0, 0.05) is 22.5 Å². The van der Waals surface area contributed by atoms with E-state index >= 15 is 0 Å². The van der Waals surface area contributed by atoms with Gasteiger partial charge in [0.25, 0.3) is 0 Å². The molecule has 2 amide bonds. The number of amides is 2. The number of hydrogen-bond donors (Lipinski definition) is 2. The zero-order valence-electron chi connectivity index (χ0n) is 12.3. The SMILES string of the molecule is Cc1cc(Cl)ccc1C(=N)N(C)C(=O)NSc1ccccc1. The first-order chi connectivity index (χ1) is 10.5. The number of amidine groups is 1. The van der Waals surface area contributed by atoms with Crippen molar-refractivity contribution in [2.45, 2.75) is 11.8 Å². The van der Waals surface area contributed by atoms with Gasteiger partial charge in [0.1, 0.15) is 5.84 Å². The molecule has 0 radical (unpaired) electrons. The van der Waals surface area contributed by atoms with E-state index < -0.39 is 0 Å². The molecule has 114 valence electrons. The molecule has 2 N–H and O–H groups in total. The van der Waals surface area contributed by atoms with E-state index in [1.54, 1.807) is 25.2 Å². The fraction of sp³-hybridized carbons (Fsp3) is 0.125. The second-order valence-electron chi connectivity index (χ2n) is 4.69. The molecule has 0 aliphatic rings. The Kier molecular flexibility index (Phi) is 5.46. The average molecular weight is 334 g/mol. The van der Waals surface area contributed by atoms with E-state index in [4.69, 9.17) is 17.0 Å². The molecular formula is C16H16ClN3OS. The van der Waals surface area contributed by atoms with Crippen LogP contribution < -0.4 is 4.72 Å². The van der Waals surface area contributed by atoms with Gasteiger partial charge in [-0.15, -0.1) is 0 Å². The number of hydrogen-bond acceptors (Lipinski definition) is 3. The van der Waals surface area contributed by atoms with E-state index in [9.17, 15) is 4.79 Å². The van der Waals surface area contributed by atoms with Crippen molar-refractivity contribution in [3.05, 3.63) is 64.7 Å². The monoisotopic (exact) mass is 333 g/mol. The van der Waals surface area contributed by atoms with Crippen LogP contribution in [-0.4, -0.2) is 23.8 Å². The summed E-state index contributed by atoms with van der Waals surface area (Å²) in [4.78, 5) is 14.3. The summed E-state index contributed by atoms with van der Waals surface area (Å²) < 4.78 is 2.72. The summed E-state index contributed by atoms with van der Waals surface area (Å²) in [5.74, 6) is 0.125. The van der Waals surface area contributed by atoms with Crippen molar-refractivity contribution in [3.63, 3.8) is 0 Å². The number of aryl methyl sites for hydroxylation is 1. The van der Waals surface area contributed by atoms with Gasteiger partial charge in [0.2, 0.25) is 0 Å². The van der Waals surface area contributed by atoms with E-state index in [1.807, 2.05) is 37.3 Å². The van der Waals surface area contributed by atoms with E-state index in [0.717, 1.165) is 10.5 Å². The third-order valence-electron chi connectivity index (χ3n) is 3.08. The fourth-order valence-electron chi connectivity index (χ4n) is 1.83. The second kappa shape index (κ2) is 7.33. The highest BCUT2D eigenvalue weighted by molar-refractivity contribution is 7.98. The molecule has 2 aromatic rings. The fourth-order valence-corrected chi connectivity index (χ4v) is 2.70. The topological polar surface area (TPSA) is 56.2 Å². The number of rotatable bonds is 3. The van der Waals surface area contributed by atoms with Crippen LogP contribution in [0.25, 0.3) is 0 Å². The number of benzene rings is 2. The highest BCUT2D eigenvalue weighted by atomic mass is 35.5. The molecule has 0 fully saturated rings. The molecule has 0 unspecified atom stereocenters. The minimum Gasteiger partial charge on any atom is -0.284 e. The van der Waals surface area contributed by atoms with E-state index in [-0.39, 0.29) is 11.9 Å². The first-order valence-electron chi connectivity index (χ1n) is 6.59. The van der Waals surface area contributed by atoms with Gasteiger partial charge in [0.15, 0.2) is 0 Å². The van der Waals surface area contributed by atoms with Crippen LogP contribution in [0.15, 0.2) is 53.4 Å². The lowest BCUT2D eigenvalue weighted by molar-refractivity contribution is 0.232. The molecule has 6 heteroatoms. The van der Waals surface area contributed by atoms with Crippen molar-refractivity contribution < 1.29 is 4.79 Å². The Bertz CT molecular complexity index is 691. The van der Waals surface area contributed by atoms with Gasteiger partial charge in [-0.1, -0.05) is 29.8 Å². The van der Waals surface area contributed by atoms with Crippen LogP contribution in [0.3, 0.4) is 0 Å². The van der Waals surface area contributed by atoms with E-state index in [1.165, 1.54) is 16.8 Å². The average Bonchev–Trinajstić information content (AvgIpc) is 2.52. The highest BCUT2D eigenvalue weighted by Crippen LogP contribution is 2.17. The number of urea groups is 1. The normalized spacial score (nSPS) is 10.1. The van der Waals surface area contributed by atoms with Gasteiger partial charge in [-0.05, 0) is 54.8 Å². The van der Waals surface area contributed by atoms with Crippen LogP contribution in [0.5, 0.6) is 0 Å². The molecule has 0 aliphatic carbocycles. The molecule has 2 aromatic carbocycles. The molecule has 0 aromatic heterocycles. The molecule has 0 spiro atoms. The number of halogens is 1. The summed E-state index contributed by atoms with van der Waals surface area (Å²) in [6.45, 7) is 1.86. The highest BCUT2D eigenvalue weighted by Gasteiger charge is 2.17. The van der Waals surface area contributed by atoms with Gasteiger partial charge in [-0.25, -0.2) is 4.79 Å². The Morgan fingerprint density at radius 3 is 2.55 bits per heavy atom. The summed E-state index contributed by atoms with van der Waals surface area (Å²) in [6, 6.07) is 14.4. The molecule has 2 rings (SSSR count). The molecular weight excluding hydrogens is 318 g/mol. The maximum atomic E-state index is 12.1. The molecule has 0 saturated carbocycles. The minimum absolute atomic E-state index is 0.125. The first-order valence-corrected chi connectivity index (χ1v) is 7.79. The predicted molar refractivity (Wildman–Crippen MR) is 91.6 cm³/mol. The van der Waals surface area contributed by atoms with E-state index in [0.29, 0.717) is 10.6 Å². The van der Waals surface area contributed by atoms with Gasteiger partial charge in [-0.2, -0.15) is 0 Å². The minimum atomic E-state index is -0.354. The van der Waals surface area contributed by atoms with Gasteiger partial charge in [-0.3, -0.25) is 15.0 Å². The van der Waals surface area contributed by atoms with Crippen LogP contribution >= 0.6 is 23.5 Å². The quantitative estimate of drug-likeness (QED) is 0.499. The summed E-state index contributed by atoms with van der Waals surface area (Å²) in [5.41, 5.74) is 1.53. The Morgan fingerprint density at radius 2 is 1.91 bits per heavy atom. The van der Waals surface area contributed by atoms with Crippen LogP contribution in [0.4, 0.5) is 4.79 Å². The molecule has 4 nitrogen and oxygen atoms in total. The largest absolute Gasteiger partial charge is 0.333 e. The smallest absolute Gasteiger partial charge is 0.284 e. The van der Waals surface area contributed by atoms with Gasteiger partial charge >= 0.3 is 6.03 Å². The van der Waals surface area contributed by atoms with Gasteiger partial charge in [0.05, 0.1) is 0 Å². The molecule has 0 saturated heterocycles. The number of nitrogens with one attached hydrogen (secondary N) is 2. The third-order valence-corrected chi connectivity index (χ3v) is 4.10. The Hall–Kier alpha value is -1.98. The second-order valence-corrected chi connectivity index (χ2v) is 6.01. The van der Waals surface area contributed by atoms with Crippen LogP contribution in [-0.2, 0) is 0 Å². The molecule has 0 atom stereocenters. The standard InChI is InChI=1S/C16H16ClN3OS/c1-11-10-12(17)8-9-14(11)15(18)20(2)16(21)19-22-13-6-4-3-5-7-13/h3-10,18H,1-2H3,(H,19,21). The number of carbonyl (C=O) groups is 1. The van der Waals surface area contributed by atoms with Crippen molar-refractivity contribution in [1.29, 1.82) is 5.41 Å². The molecule has 0 heterocycles. The molecule has 0 aliphatic heterocycles. The van der Waals surface area contributed by atoms with Gasteiger partial charge < -0.3 is 0 Å². The van der Waals surface area contributed by atoms with Crippen LogP contribution in [0.2, 0.25) is 5.02 Å². The van der Waals surface area contributed by atoms with Crippen molar-refractivity contribution in [2.24, 2.45) is 0 Å². The van der Waals surface area contributed by atoms with Crippen molar-refractivity contribution in [2.75, 3.05) is 7.05 Å². The Balaban J connectivity index is 2.02. The lowest BCUT2D eigenvalue weighted by atomic mass is 10.1. The van der Waals surface area contributed by atoms with Crippen LogP contribution in [0.1, 0.15) is 11.1 Å². The lowest BCUT2D eigenvalue weighted by Crippen LogP contribution is -2.38. The zero-order chi connectivity index (χ0) is 16.1. The third kappa shape index (κ3) is 4.02. The molecule has 0 bridgehead atoms. The van der Waals surface area contributed by atoms with Crippen molar-refractivity contribution >= 4 is 35.4 Å². The van der Waals surface area contributed by atoms with Crippen molar-refractivity contribution in [3.8, 4) is 0 Å². The summed E-state index contributed by atoms with van der Waals surface area (Å²) >= 11 is 7.13. The first kappa shape index (κ1) is 16.4. The van der Waals surface area contributed by atoms with E-state index in [2.05, 4.69) is 4.72 Å². The van der Waals surface area contributed by atoms with Crippen LogP contribution in [0, 0.1) is 12.3 Å². The Labute approximate surface area is 139 Å².